The van der Waals surface area contributed by atoms with Crippen LogP contribution in [0.25, 0.3) is 0 Å². The second-order valence-electron chi connectivity index (χ2n) is 4.41. The molecule has 3 heterocycles. The first kappa shape index (κ1) is 10.7. The van der Waals surface area contributed by atoms with Crippen molar-refractivity contribution in [1.82, 2.24) is 20.0 Å². The number of nitrogens with zero attached hydrogens (tertiary/aromatic N) is 3. The second-order valence-corrected chi connectivity index (χ2v) is 4.41. The number of aromatic nitrogens is 2. The third-order valence-electron chi connectivity index (χ3n) is 3.37. The number of hydrogen-bond donors (Lipinski definition) is 1. The zero-order chi connectivity index (χ0) is 11.8. The quantitative estimate of drug-likeness (QED) is 0.714. The summed E-state index contributed by atoms with van der Waals surface area (Å²) in [5, 5.41) is 7.60. The summed E-state index contributed by atoms with van der Waals surface area (Å²) in [6.07, 6.45) is 0. The molecule has 0 aromatic carbocycles. The highest BCUT2D eigenvalue weighted by Crippen LogP contribution is 2.20. The number of fused-ring (bicyclic) bond motifs is 1. The lowest BCUT2D eigenvalue weighted by Gasteiger charge is -2.26. The molecule has 0 unspecified atom stereocenters. The summed E-state index contributed by atoms with van der Waals surface area (Å²) in [7, 11) is 1.89. The largest absolute Gasteiger partial charge is 0.378 e. The summed E-state index contributed by atoms with van der Waals surface area (Å²) in [4.78, 5) is 14.2. The molecule has 3 rings (SSSR count). The van der Waals surface area contributed by atoms with Crippen LogP contribution in [-0.2, 0) is 24.9 Å². The molecule has 1 aromatic rings. The van der Waals surface area contributed by atoms with Gasteiger partial charge in [0.05, 0.1) is 18.9 Å². The normalized spacial score (nSPS) is 19.5. The Hall–Kier alpha value is -1.40. The third-order valence-corrected chi connectivity index (χ3v) is 3.37. The van der Waals surface area contributed by atoms with Crippen LogP contribution in [0.3, 0.4) is 0 Å². The van der Waals surface area contributed by atoms with Gasteiger partial charge in [-0.1, -0.05) is 0 Å². The molecule has 0 radical (unpaired) electrons. The Bertz CT molecular complexity index is 449. The lowest BCUT2D eigenvalue weighted by atomic mass is 10.2. The van der Waals surface area contributed by atoms with Crippen LogP contribution in [0.4, 0.5) is 0 Å². The molecule has 1 saturated heterocycles. The van der Waals surface area contributed by atoms with Gasteiger partial charge in [-0.2, -0.15) is 5.10 Å². The molecule has 0 atom stereocenters. The Kier molecular flexibility index (Phi) is 2.60. The number of nitrogens with one attached hydrogen (secondary N) is 1. The standard InChI is InChI=1S/C11H16N4O2/c1-14-9-7-12-6-8(9)10(13-14)11(16)15-2-4-17-5-3-15/h12H,2-7H2,1H3. The van der Waals surface area contributed by atoms with Crippen LogP contribution in [-0.4, -0.2) is 46.9 Å². The van der Waals surface area contributed by atoms with E-state index in [1.54, 1.807) is 0 Å². The first-order valence-electron chi connectivity index (χ1n) is 5.90. The van der Waals surface area contributed by atoms with Crippen LogP contribution in [0.2, 0.25) is 0 Å². The van der Waals surface area contributed by atoms with Crippen molar-refractivity contribution < 1.29 is 9.53 Å². The lowest BCUT2D eigenvalue weighted by Crippen LogP contribution is -2.41. The Balaban J connectivity index is 1.88. The topological polar surface area (TPSA) is 59.4 Å². The molecule has 2 aliphatic heterocycles. The molecule has 6 nitrogen and oxygen atoms in total. The average molecular weight is 236 g/mol. The highest BCUT2D eigenvalue weighted by Gasteiger charge is 2.28. The van der Waals surface area contributed by atoms with Crippen molar-refractivity contribution in [2.45, 2.75) is 13.1 Å². The number of aryl methyl sites for hydroxylation is 1. The number of hydrogen-bond acceptors (Lipinski definition) is 4. The smallest absolute Gasteiger partial charge is 0.274 e. The van der Waals surface area contributed by atoms with E-state index in [2.05, 4.69) is 10.4 Å². The highest BCUT2D eigenvalue weighted by molar-refractivity contribution is 5.94. The van der Waals surface area contributed by atoms with E-state index in [9.17, 15) is 4.79 Å². The minimum absolute atomic E-state index is 0.0360. The number of carbonyl (C=O) groups excluding carboxylic acids is 1. The summed E-state index contributed by atoms with van der Waals surface area (Å²) in [6.45, 7) is 4.12. The van der Waals surface area contributed by atoms with Gasteiger partial charge in [0.2, 0.25) is 0 Å². The zero-order valence-corrected chi connectivity index (χ0v) is 9.90. The van der Waals surface area contributed by atoms with Gasteiger partial charge in [0.25, 0.3) is 5.91 Å². The number of amides is 1. The van der Waals surface area contributed by atoms with Crippen LogP contribution in [0.5, 0.6) is 0 Å². The molecule has 0 bridgehead atoms. The van der Waals surface area contributed by atoms with E-state index in [4.69, 9.17) is 4.74 Å². The van der Waals surface area contributed by atoms with Gasteiger partial charge in [0, 0.05) is 38.8 Å². The van der Waals surface area contributed by atoms with E-state index in [0.717, 1.165) is 24.3 Å². The van der Waals surface area contributed by atoms with E-state index in [1.807, 2.05) is 16.6 Å². The number of rotatable bonds is 1. The predicted octanol–water partition coefficient (Wildman–Crippen LogP) is -0.504. The van der Waals surface area contributed by atoms with Gasteiger partial charge in [0.15, 0.2) is 5.69 Å². The molecular weight excluding hydrogens is 220 g/mol. The van der Waals surface area contributed by atoms with Crippen molar-refractivity contribution in [2.75, 3.05) is 26.3 Å². The van der Waals surface area contributed by atoms with Gasteiger partial charge in [-0.15, -0.1) is 0 Å². The second kappa shape index (κ2) is 4.12. The molecular formula is C11H16N4O2. The van der Waals surface area contributed by atoms with Crippen LogP contribution in [0, 0.1) is 0 Å². The molecule has 6 heteroatoms. The van der Waals surface area contributed by atoms with Gasteiger partial charge in [-0.25, -0.2) is 0 Å². The van der Waals surface area contributed by atoms with Crippen LogP contribution < -0.4 is 5.32 Å². The van der Waals surface area contributed by atoms with Gasteiger partial charge in [-0.3, -0.25) is 9.48 Å². The summed E-state index contributed by atoms with van der Waals surface area (Å²) in [5.74, 6) is 0.0360. The molecule has 1 fully saturated rings. The minimum Gasteiger partial charge on any atom is -0.378 e. The van der Waals surface area contributed by atoms with E-state index in [-0.39, 0.29) is 5.91 Å². The maximum Gasteiger partial charge on any atom is 0.274 e. The molecule has 0 spiro atoms. The van der Waals surface area contributed by atoms with Crippen molar-refractivity contribution >= 4 is 5.91 Å². The van der Waals surface area contributed by atoms with Crippen molar-refractivity contribution in [2.24, 2.45) is 7.05 Å². The maximum atomic E-state index is 12.3. The van der Waals surface area contributed by atoms with Crippen LogP contribution in [0.15, 0.2) is 0 Å². The number of morpholine rings is 1. The molecule has 0 aliphatic carbocycles. The van der Waals surface area contributed by atoms with E-state index >= 15 is 0 Å². The Morgan fingerprint density at radius 1 is 1.35 bits per heavy atom. The Morgan fingerprint density at radius 3 is 2.88 bits per heavy atom. The van der Waals surface area contributed by atoms with Crippen LogP contribution >= 0.6 is 0 Å². The van der Waals surface area contributed by atoms with Crippen molar-refractivity contribution in [3.8, 4) is 0 Å². The summed E-state index contributed by atoms with van der Waals surface area (Å²) in [6, 6.07) is 0. The molecule has 17 heavy (non-hydrogen) atoms. The zero-order valence-electron chi connectivity index (χ0n) is 9.90. The van der Waals surface area contributed by atoms with E-state index in [0.29, 0.717) is 32.0 Å². The fourth-order valence-corrected chi connectivity index (χ4v) is 2.40. The number of ether oxygens (including phenoxy) is 1. The van der Waals surface area contributed by atoms with Gasteiger partial charge >= 0.3 is 0 Å². The summed E-state index contributed by atoms with van der Waals surface area (Å²) < 4.78 is 7.06. The van der Waals surface area contributed by atoms with Crippen molar-refractivity contribution in [1.29, 1.82) is 0 Å². The van der Waals surface area contributed by atoms with Crippen molar-refractivity contribution in [3.63, 3.8) is 0 Å². The fourth-order valence-electron chi connectivity index (χ4n) is 2.40. The molecule has 1 aromatic heterocycles. The Morgan fingerprint density at radius 2 is 2.12 bits per heavy atom. The summed E-state index contributed by atoms with van der Waals surface area (Å²) >= 11 is 0. The first-order chi connectivity index (χ1) is 8.27. The van der Waals surface area contributed by atoms with E-state index < -0.39 is 0 Å². The molecule has 1 amide bonds. The molecule has 2 aliphatic rings. The van der Waals surface area contributed by atoms with Gasteiger partial charge in [0.1, 0.15) is 0 Å². The first-order valence-corrected chi connectivity index (χ1v) is 5.90. The van der Waals surface area contributed by atoms with Crippen LogP contribution in [0.1, 0.15) is 21.7 Å². The van der Waals surface area contributed by atoms with Gasteiger partial charge < -0.3 is 15.0 Å². The fraction of sp³-hybridized carbons (Fsp3) is 0.636. The monoisotopic (exact) mass is 236 g/mol. The molecule has 1 N–H and O–H groups in total. The third kappa shape index (κ3) is 1.73. The predicted molar refractivity (Wildman–Crippen MR) is 60.5 cm³/mol. The maximum absolute atomic E-state index is 12.3. The SMILES string of the molecule is Cn1nc(C(=O)N2CCOCC2)c2c1CNC2. The number of carbonyl (C=O) groups is 1. The van der Waals surface area contributed by atoms with Gasteiger partial charge in [-0.05, 0) is 0 Å². The molecule has 0 saturated carbocycles. The summed E-state index contributed by atoms with van der Waals surface area (Å²) in [5.41, 5.74) is 2.79. The Labute approximate surface area is 99.5 Å². The minimum atomic E-state index is 0.0360. The van der Waals surface area contributed by atoms with E-state index in [1.165, 1.54) is 0 Å². The molecule has 92 valence electrons. The highest BCUT2D eigenvalue weighted by atomic mass is 16.5. The van der Waals surface area contributed by atoms with Crippen molar-refractivity contribution in [3.05, 3.63) is 17.0 Å². The average Bonchev–Trinajstić information content (AvgIpc) is 2.94. The lowest BCUT2D eigenvalue weighted by molar-refractivity contribution is 0.0298.